The number of aromatic amines is 1. The van der Waals surface area contributed by atoms with Gasteiger partial charge in [-0.2, -0.15) is 0 Å². The van der Waals surface area contributed by atoms with Gasteiger partial charge < -0.3 is 9.72 Å². The van der Waals surface area contributed by atoms with Crippen LogP contribution in [-0.4, -0.2) is 11.6 Å². The van der Waals surface area contributed by atoms with Crippen molar-refractivity contribution in [3.05, 3.63) is 23.0 Å². The van der Waals surface area contributed by atoms with Crippen molar-refractivity contribution in [2.24, 2.45) is 0 Å². The Labute approximate surface area is 71.9 Å². The normalized spacial score (nSPS) is 26.8. The molecule has 2 nitrogen and oxygen atoms in total. The summed E-state index contributed by atoms with van der Waals surface area (Å²) in [5.41, 5.74) is 4.31. The Hall–Kier alpha value is -0.760. The predicted octanol–water partition coefficient (Wildman–Crippen LogP) is 1.96. The molecule has 1 fully saturated rings. The zero-order chi connectivity index (χ0) is 7.97. The molecule has 1 aromatic heterocycles. The molecule has 2 heterocycles. The van der Waals surface area contributed by atoms with Crippen LogP contribution in [0.1, 0.15) is 35.9 Å². The van der Waals surface area contributed by atoms with E-state index >= 15 is 0 Å². The monoisotopic (exact) mass is 163 g/mol. The molecule has 3 rings (SSSR count). The molecular weight excluding hydrogens is 150 g/mol. The fourth-order valence-corrected chi connectivity index (χ4v) is 2.03. The second-order valence-electron chi connectivity index (χ2n) is 3.76. The molecule has 2 heteroatoms. The highest BCUT2D eigenvalue weighted by molar-refractivity contribution is 5.30. The zero-order valence-electron chi connectivity index (χ0n) is 7.10. The van der Waals surface area contributed by atoms with E-state index in [-0.39, 0.29) is 0 Å². The number of hydrogen-bond acceptors (Lipinski definition) is 1. The van der Waals surface area contributed by atoms with Gasteiger partial charge in [0.1, 0.15) is 6.10 Å². The van der Waals surface area contributed by atoms with Crippen molar-refractivity contribution in [1.82, 2.24) is 4.98 Å². The molecule has 0 spiro atoms. The molecule has 1 atom stereocenters. The second kappa shape index (κ2) is 2.36. The number of hydrogen-bond donors (Lipinski definition) is 1. The Kier molecular flexibility index (Phi) is 1.32. The van der Waals surface area contributed by atoms with Crippen molar-refractivity contribution in [3.63, 3.8) is 0 Å². The lowest BCUT2D eigenvalue weighted by Gasteiger charge is -2.08. The summed E-state index contributed by atoms with van der Waals surface area (Å²) in [7, 11) is 0. The van der Waals surface area contributed by atoms with Crippen molar-refractivity contribution in [2.45, 2.75) is 31.8 Å². The molecule has 0 amide bonds. The van der Waals surface area contributed by atoms with Crippen LogP contribution in [-0.2, 0) is 17.6 Å². The van der Waals surface area contributed by atoms with Gasteiger partial charge in [-0.1, -0.05) is 0 Å². The van der Waals surface area contributed by atoms with Crippen molar-refractivity contribution in [1.29, 1.82) is 0 Å². The minimum atomic E-state index is 0.399. The molecule has 2 aliphatic rings. The topological polar surface area (TPSA) is 28.3 Å². The summed E-state index contributed by atoms with van der Waals surface area (Å²) in [6, 6.07) is 2.30. The lowest BCUT2D eigenvalue weighted by molar-refractivity contribution is 0.412. The van der Waals surface area contributed by atoms with Crippen LogP contribution in [0.4, 0.5) is 0 Å². The number of epoxide rings is 1. The average molecular weight is 163 g/mol. The van der Waals surface area contributed by atoms with E-state index in [1.807, 2.05) is 0 Å². The lowest BCUT2D eigenvalue weighted by atomic mass is 9.98. The quantitative estimate of drug-likeness (QED) is 0.630. The van der Waals surface area contributed by atoms with Crippen LogP contribution < -0.4 is 0 Å². The molecule has 0 radical (unpaired) electrons. The minimum Gasteiger partial charge on any atom is -0.366 e. The molecule has 1 N–H and O–H groups in total. The first-order valence-electron chi connectivity index (χ1n) is 4.76. The SMILES string of the molecule is c1c(C2CO2)[nH]c2c1CCCC2. The van der Waals surface area contributed by atoms with E-state index in [1.165, 1.54) is 42.6 Å². The largest absolute Gasteiger partial charge is 0.366 e. The molecule has 1 aliphatic heterocycles. The highest BCUT2D eigenvalue weighted by atomic mass is 16.6. The van der Waals surface area contributed by atoms with Gasteiger partial charge in [0.2, 0.25) is 0 Å². The first kappa shape index (κ1) is 6.72. The maximum absolute atomic E-state index is 5.24. The van der Waals surface area contributed by atoms with E-state index in [1.54, 1.807) is 0 Å². The second-order valence-corrected chi connectivity index (χ2v) is 3.76. The number of ether oxygens (including phenoxy) is 1. The highest BCUT2D eigenvalue weighted by Crippen LogP contribution is 2.32. The van der Waals surface area contributed by atoms with Gasteiger partial charge >= 0.3 is 0 Å². The number of rotatable bonds is 1. The van der Waals surface area contributed by atoms with Gasteiger partial charge in [0.25, 0.3) is 0 Å². The van der Waals surface area contributed by atoms with Gasteiger partial charge in [0, 0.05) is 11.4 Å². The fourth-order valence-electron chi connectivity index (χ4n) is 2.03. The summed E-state index contributed by atoms with van der Waals surface area (Å²) in [6.45, 7) is 0.916. The molecule has 0 bridgehead atoms. The number of H-pyrrole nitrogens is 1. The smallest absolute Gasteiger partial charge is 0.121 e. The standard InChI is InChI=1S/C10H13NO/c1-2-4-8-7(3-1)5-9(11-8)10-6-12-10/h5,10-11H,1-4,6H2. The fraction of sp³-hybridized carbons (Fsp3) is 0.600. The molecule has 1 aromatic rings. The van der Waals surface area contributed by atoms with Crippen molar-refractivity contribution >= 4 is 0 Å². The van der Waals surface area contributed by atoms with Crippen LogP contribution >= 0.6 is 0 Å². The van der Waals surface area contributed by atoms with E-state index in [2.05, 4.69) is 11.1 Å². The number of aryl methyl sites for hydroxylation is 2. The predicted molar refractivity (Wildman–Crippen MR) is 46.1 cm³/mol. The Morgan fingerprint density at radius 1 is 1.33 bits per heavy atom. The Morgan fingerprint density at radius 2 is 2.17 bits per heavy atom. The summed E-state index contributed by atoms with van der Waals surface area (Å²) in [4.78, 5) is 3.47. The van der Waals surface area contributed by atoms with E-state index < -0.39 is 0 Å². The summed E-state index contributed by atoms with van der Waals surface area (Å²) in [6.07, 6.45) is 5.60. The lowest BCUT2D eigenvalue weighted by Crippen LogP contribution is -1.99. The zero-order valence-corrected chi connectivity index (χ0v) is 7.10. The van der Waals surface area contributed by atoms with Gasteiger partial charge in [-0.15, -0.1) is 0 Å². The maximum atomic E-state index is 5.24. The third-order valence-electron chi connectivity index (χ3n) is 2.82. The molecule has 0 aromatic carbocycles. The van der Waals surface area contributed by atoms with Crippen molar-refractivity contribution < 1.29 is 4.74 Å². The van der Waals surface area contributed by atoms with E-state index in [4.69, 9.17) is 4.74 Å². The van der Waals surface area contributed by atoms with Gasteiger partial charge in [-0.05, 0) is 37.3 Å². The van der Waals surface area contributed by atoms with Crippen LogP contribution in [0.2, 0.25) is 0 Å². The average Bonchev–Trinajstić information content (AvgIpc) is 2.85. The number of fused-ring (bicyclic) bond motifs is 1. The van der Waals surface area contributed by atoms with E-state index in [0.29, 0.717) is 6.10 Å². The Bertz CT molecular complexity index is 275. The molecule has 1 saturated heterocycles. The molecule has 0 saturated carbocycles. The molecule has 1 aliphatic carbocycles. The number of nitrogens with one attached hydrogen (secondary N) is 1. The van der Waals surface area contributed by atoms with Gasteiger partial charge in [0.05, 0.1) is 6.61 Å². The van der Waals surface area contributed by atoms with Crippen molar-refractivity contribution in [2.75, 3.05) is 6.61 Å². The van der Waals surface area contributed by atoms with E-state index in [0.717, 1.165) is 6.61 Å². The van der Waals surface area contributed by atoms with Gasteiger partial charge in [-0.3, -0.25) is 0 Å². The van der Waals surface area contributed by atoms with Gasteiger partial charge in [0.15, 0.2) is 0 Å². The summed E-state index contributed by atoms with van der Waals surface area (Å²) >= 11 is 0. The van der Waals surface area contributed by atoms with Gasteiger partial charge in [-0.25, -0.2) is 0 Å². The van der Waals surface area contributed by atoms with Crippen LogP contribution in [0.15, 0.2) is 6.07 Å². The summed E-state index contributed by atoms with van der Waals surface area (Å²) in [5.74, 6) is 0. The van der Waals surface area contributed by atoms with Crippen LogP contribution in [0.3, 0.4) is 0 Å². The molecule has 64 valence electrons. The van der Waals surface area contributed by atoms with Crippen LogP contribution in [0, 0.1) is 0 Å². The molecular formula is C10H13NO. The molecule has 1 unspecified atom stereocenters. The maximum Gasteiger partial charge on any atom is 0.121 e. The van der Waals surface area contributed by atoms with Crippen molar-refractivity contribution in [3.8, 4) is 0 Å². The third-order valence-corrected chi connectivity index (χ3v) is 2.82. The van der Waals surface area contributed by atoms with Crippen LogP contribution in [0.25, 0.3) is 0 Å². The summed E-state index contributed by atoms with van der Waals surface area (Å²) < 4.78 is 5.24. The Balaban J connectivity index is 1.97. The minimum absolute atomic E-state index is 0.399. The third kappa shape index (κ3) is 0.985. The van der Waals surface area contributed by atoms with Crippen LogP contribution in [0.5, 0.6) is 0 Å². The number of aromatic nitrogens is 1. The summed E-state index contributed by atoms with van der Waals surface area (Å²) in [5, 5.41) is 0. The molecule has 12 heavy (non-hydrogen) atoms. The highest BCUT2D eigenvalue weighted by Gasteiger charge is 2.27. The van der Waals surface area contributed by atoms with E-state index in [9.17, 15) is 0 Å². The first-order chi connectivity index (χ1) is 5.93. The Morgan fingerprint density at radius 3 is 2.92 bits per heavy atom. The first-order valence-corrected chi connectivity index (χ1v) is 4.76.